The summed E-state index contributed by atoms with van der Waals surface area (Å²) >= 11 is 0. The SMILES string of the molecule is COc1ccc(CCC(CCNC=O)Oc2cc(F)cc(N3CCNCC3)c2)cc1C1CCC(C(F)(F)F)CC1. The van der Waals surface area contributed by atoms with Gasteiger partial charge < -0.3 is 25.0 Å². The van der Waals surface area contributed by atoms with Crippen molar-refractivity contribution in [3.05, 3.63) is 53.3 Å². The van der Waals surface area contributed by atoms with E-state index >= 15 is 0 Å². The summed E-state index contributed by atoms with van der Waals surface area (Å²) in [6.45, 7) is 3.66. The number of carbonyl (C=O) groups is 1. The van der Waals surface area contributed by atoms with Gasteiger partial charge in [0.05, 0.1) is 13.0 Å². The number of piperazine rings is 1. The highest BCUT2D eigenvalue weighted by Crippen LogP contribution is 2.45. The maximum absolute atomic E-state index is 14.5. The van der Waals surface area contributed by atoms with Crippen molar-refractivity contribution in [3.63, 3.8) is 0 Å². The number of hydrogen-bond donors (Lipinski definition) is 2. The number of amides is 1. The Morgan fingerprint density at radius 1 is 1.07 bits per heavy atom. The largest absolute Gasteiger partial charge is 0.496 e. The fourth-order valence-electron chi connectivity index (χ4n) is 5.80. The number of hydrogen-bond acceptors (Lipinski definition) is 5. The molecule has 1 saturated heterocycles. The molecule has 40 heavy (non-hydrogen) atoms. The third kappa shape index (κ3) is 8.25. The summed E-state index contributed by atoms with van der Waals surface area (Å²) in [5.74, 6) is -0.432. The van der Waals surface area contributed by atoms with Gasteiger partial charge in [-0.2, -0.15) is 13.2 Å². The van der Waals surface area contributed by atoms with Crippen molar-refractivity contribution in [2.75, 3.05) is 44.7 Å². The molecule has 2 N–H and O–H groups in total. The normalized spacial score (nSPS) is 20.6. The molecular formula is C30H39F4N3O3. The monoisotopic (exact) mass is 565 g/mol. The number of nitrogens with one attached hydrogen (secondary N) is 2. The minimum atomic E-state index is -4.14. The second-order valence-electron chi connectivity index (χ2n) is 10.7. The molecule has 4 rings (SSSR count). The van der Waals surface area contributed by atoms with Crippen LogP contribution in [0.5, 0.6) is 11.5 Å². The van der Waals surface area contributed by atoms with Gasteiger partial charge in [0.2, 0.25) is 6.41 Å². The first-order valence-corrected chi connectivity index (χ1v) is 14.1. The molecule has 6 nitrogen and oxygen atoms in total. The average Bonchev–Trinajstić information content (AvgIpc) is 2.95. The van der Waals surface area contributed by atoms with E-state index in [4.69, 9.17) is 9.47 Å². The minimum absolute atomic E-state index is 0.0213. The molecular weight excluding hydrogens is 526 g/mol. The standard InChI is InChI=1S/C30H39F4N3O3/c1-39-29-9-3-21(16-28(29)22-4-6-23(7-5-22)30(32,33)34)2-8-26(10-11-36-20-38)40-27-18-24(31)17-25(19-27)37-14-12-35-13-15-37/h3,9,16-20,22-23,26,35H,2,4-8,10-15H2,1H3,(H,36,38). The van der Waals surface area contributed by atoms with Crippen LogP contribution in [0, 0.1) is 11.7 Å². The summed E-state index contributed by atoms with van der Waals surface area (Å²) in [6.07, 6.45) is -0.753. The van der Waals surface area contributed by atoms with Gasteiger partial charge in [-0.3, -0.25) is 4.79 Å². The van der Waals surface area contributed by atoms with E-state index in [-0.39, 0.29) is 30.7 Å². The smallest absolute Gasteiger partial charge is 0.391 e. The molecule has 1 heterocycles. The van der Waals surface area contributed by atoms with E-state index < -0.39 is 12.1 Å². The third-order valence-electron chi connectivity index (χ3n) is 8.01. The Kier molecular flexibility index (Phi) is 10.5. The van der Waals surface area contributed by atoms with E-state index in [9.17, 15) is 22.4 Å². The number of halogens is 4. The van der Waals surface area contributed by atoms with E-state index in [1.54, 1.807) is 7.11 Å². The second kappa shape index (κ2) is 14.1. The average molecular weight is 566 g/mol. The zero-order valence-electron chi connectivity index (χ0n) is 22.9. The Morgan fingerprint density at radius 3 is 2.50 bits per heavy atom. The topological polar surface area (TPSA) is 62.8 Å². The van der Waals surface area contributed by atoms with Crippen molar-refractivity contribution < 1.29 is 31.8 Å². The summed E-state index contributed by atoms with van der Waals surface area (Å²) in [6, 6.07) is 10.7. The molecule has 1 aliphatic heterocycles. The van der Waals surface area contributed by atoms with Crippen molar-refractivity contribution in [1.29, 1.82) is 0 Å². The van der Waals surface area contributed by atoms with E-state index in [0.717, 1.165) is 43.0 Å². The number of aryl methyl sites for hydroxylation is 1. The molecule has 220 valence electrons. The fourth-order valence-corrected chi connectivity index (χ4v) is 5.80. The maximum atomic E-state index is 14.5. The molecule has 0 bridgehead atoms. The Balaban J connectivity index is 1.44. The van der Waals surface area contributed by atoms with Crippen molar-refractivity contribution in [2.24, 2.45) is 5.92 Å². The third-order valence-corrected chi connectivity index (χ3v) is 8.01. The molecule has 0 aromatic heterocycles. The number of benzene rings is 2. The highest BCUT2D eigenvalue weighted by atomic mass is 19.4. The van der Waals surface area contributed by atoms with Crippen LogP contribution in [0.25, 0.3) is 0 Å². The molecule has 1 atom stereocenters. The lowest BCUT2D eigenvalue weighted by Crippen LogP contribution is -2.43. The summed E-state index contributed by atoms with van der Waals surface area (Å²) < 4.78 is 65.9. The first-order chi connectivity index (χ1) is 19.3. The first-order valence-electron chi connectivity index (χ1n) is 14.1. The van der Waals surface area contributed by atoms with Crippen LogP contribution in [0.1, 0.15) is 55.6 Å². The van der Waals surface area contributed by atoms with Crippen molar-refractivity contribution in [1.82, 2.24) is 10.6 Å². The van der Waals surface area contributed by atoms with Crippen LogP contribution in [-0.2, 0) is 11.2 Å². The molecule has 1 saturated carbocycles. The molecule has 1 aliphatic carbocycles. The number of ether oxygens (including phenoxy) is 2. The van der Waals surface area contributed by atoms with Crippen molar-refractivity contribution >= 4 is 12.1 Å². The van der Waals surface area contributed by atoms with Crippen LogP contribution in [0.2, 0.25) is 0 Å². The van der Waals surface area contributed by atoms with Gasteiger partial charge in [-0.05, 0) is 67.7 Å². The highest BCUT2D eigenvalue weighted by molar-refractivity contribution is 5.52. The summed E-state index contributed by atoms with van der Waals surface area (Å²) in [4.78, 5) is 12.9. The predicted octanol–water partition coefficient (Wildman–Crippen LogP) is 5.60. The van der Waals surface area contributed by atoms with Crippen LogP contribution < -0.4 is 25.0 Å². The van der Waals surface area contributed by atoms with Crippen LogP contribution in [-0.4, -0.2) is 58.5 Å². The number of alkyl halides is 3. The Bertz CT molecular complexity index is 1100. The van der Waals surface area contributed by atoms with Gasteiger partial charge in [-0.15, -0.1) is 0 Å². The highest BCUT2D eigenvalue weighted by Gasteiger charge is 2.41. The number of anilines is 1. The minimum Gasteiger partial charge on any atom is -0.496 e. The maximum Gasteiger partial charge on any atom is 0.391 e. The molecule has 2 aromatic rings. The van der Waals surface area contributed by atoms with Crippen LogP contribution in [0.15, 0.2) is 36.4 Å². The second-order valence-corrected chi connectivity index (χ2v) is 10.7. The van der Waals surface area contributed by atoms with Gasteiger partial charge >= 0.3 is 6.18 Å². The summed E-state index contributed by atoms with van der Waals surface area (Å²) in [7, 11) is 1.58. The molecule has 2 fully saturated rings. The molecule has 2 aliphatic rings. The van der Waals surface area contributed by atoms with Crippen LogP contribution in [0.4, 0.5) is 23.2 Å². The Hall–Kier alpha value is -3.01. The van der Waals surface area contributed by atoms with Crippen LogP contribution >= 0.6 is 0 Å². The lowest BCUT2D eigenvalue weighted by molar-refractivity contribution is -0.182. The van der Waals surface area contributed by atoms with Gasteiger partial charge in [0.1, 0.15) is 23.4 Å². The molecule has 1 amide bonds. The number of carbonyl (C=O) groups excluding carboxylic acids is 1. The summed E-state index contributed by atoms with van der Waals surface area (Å²) in [5.41, 5.74) is 2.76. The lowest BCUT2D eigenvalue weighted by atomic mass is 9.77. The number of methoxy groups -OCH3 is 1. The van der Waals surface area contributed by atoms with Gasteiger partial charge in [0.15, 0.2) is 0 Å². The number of nitrogens with zero attached hydrogens (tertiary/aromatic N) is 1. The summed E-state index contributed by atoms with van der Waals surface area (Å²) in [5, 5.41) is 5.96. The van der Waals surface area contributed by atoms with Crippen LogP contribution in [0.3, 0.4) is 0 Å². The van der Waals surface area contributed by atoms with E-state index in [1.807, 2.05) is 24.3 Å². The van der Waals surface area contributed by atoms with Crippen molar-refractivity contribution in [3.8, 4) is 11.5 Å². The quantitative estimate of drug-likeness (QED) is 0.200. The van der Waals surface area contributed by atoms with Crippen molar-refractivity contribution in [2.45, 2.75) is 63.1 Å². The molecule has 1 unspecified atom stereocenters. The number of rotatable bonds is 12. The fraction of sp³-hybridized carbons (Fsp3) is 0.567. The zero-order chi connectivity index (χ0) is 28.5. The Morgan fingerprint density at radius 2 is 1.82 bits per heavy atom. The molecule has 0 radical (unpaired) electrons. The van der Waals surface area contributed by atoms with Gasteiger partial charge in [0.25, 0.3) is 0 Å². The Labute approximate surface area is 233 Å². The predicted molar refractivity (Wildman–Crippen MR) is 147 cm³/mol. The van der Waals surface area contributed by atoms with Gasteiger partial charge in [0, 0.05) is 57.0 Å². The molecule has 10 heteroatoms. The van der Waals surface area contributed by atoms with E-state index in [1.165, 1.54) is 12.1 Å². The molecule has 2 aromatic carbocycles. The van der Waals surface area contributed by atoms with E-state index in [0.29, 0.717) is 56.6 Å². The van der Waals surface area contributed by atoms with Gasteiger partial charge in [-0.25, -0.2) is 4.39 Å². The zero-order valence-corrected chi connectivity index (χ0v) is 22.9. The lowest BCUT2D eigenvalue weighted by Gasteiger charge is -2.31. The molecule has 0 spiro atoms. The first kappa shape index (κ1) is 30.0. The van der Waals surface area contributed by atoms with Gasteiger partial charge in [-0.1, -0.05) is 12.1 Å². The van der Waals surface area contributed by atoms with E-state index in [2.05, 4.69) is 15.5 Å².